The monoisotopic (exact) mass is 428 g/mol. The van der Waals surface area contributed by atoms with Gasteiger partial charge in [-0.2, -0.15) is 0 Å². The van der Waals surface area contributed by atoms with Crippen LogP contribution in [0.3, 0.4) is 0 Å². The van der Waals surface area contributed by atoms with Gasteiger partial charge in [0, 0.05) is 13.1 Å². The standard InChI is InChI=1S/C26H56N2O2/c1-11-22(4)16-26(7,8)18-24(30)20-28(14-12-13-27(9)10)19-23(29)17-25(5,6)15-21(2)3/h21-24,29-30H,11-20H2,1-10H3. The lowest BCUT2D eigenvalue weighted by Gasteiger charge is -2.35. The van der Waals surface area contributed by atoms with Crippen LogP contribution in [0.2, 0.25) is 0 Å². The molecule has 0 spiro atoms. The van der Waals surface area contributed by atoms with Crippen molar-refractivity contribution < 1.29 is 10.2 Å². The van der Waals surface area contributed by atoms with E-state index in [0.29, 0.717) is 24.9 Å². The van der Waals surface area contributed by atoms with Crippen LogP contribution in [-0.2, 0) is 0 Å². The van der Waals surface area contributed by atoms with Crippen LogP contribution in [0.4, 0.5) is 0 Å². The Balaban J connectivity index is 4.90. The summed E-state index contributed by atoms with van der Waals surface area (Å²) in [6, 6.07) is 0. The molecule has 0 aromatic rings. The lowest BCUT2D eigenvalue weighted by molar-refractivity contribution is 0.0281. The van der Waals surface area contributed by atoms with E-state index in [1.165, 1.54) is 6.42 Å². The van der Waals surface area contributed by atoms with Crippen molar-refractivity contribution in [1.29, 1.82) is 0 Å². The molecular formula is C26H56N2O2. The minimum atomic E-state index is -0.349. The minimum absolute atomic E-state index is 0.139. The van der Waals surface area contributed by atoms with E-state index in [4.69, 9.17) is 0 Å². The van der Waals surface area contributed by atoms with Crippen LogP contribution in [0.15, 0.2) is 0 Å². The first kappa shape index (κ1) is 29.8. The molecule has 0 fully saturated rings. The summed E-state index contributed by atoms with van der Waals surface area (Å²) in [5.41, 5.74) is 0.280. The second-order valence-electron chi connectivity index (χ2n) is 12.3. The summed E-state index contributed by atoms with van der Waals surface area (Å²) in [4.78, 5) is 4.50. The molecule has 0 saturated heterocycles. The average molecular weight is 429 g/mol. The number of aliphatic hydroxyl groups excluding tert-OH is 2. The van der Waals surface area contributed by atoms with E-state index in [0.717, 1.165) is 45.2 Å². The topological polar surface area (TPSA) is 46.9 Å². The fourth-order valence-electron chi connectivity index (χ4n) is 5.23. The van der Waals surface area contributed by atoms with E-state index in [1.807, 2.05) is 0 Å². The molecule has 0 aliphatic heterocycles. The molecule has 30 heavy (non-hydrogen) atoms. The summed E-state index contributed by atoms with van der Waals surface area (Å²) in [6.45, 7) is 21.4. The zero-order valence-corrected chi connectivity index (χ0v) is 22.2. The van der Waals surface area contributed by atoms with Crippen molar-refractivity contribution in [2.45, 2.75) is 106 Å². The molecule has 3 atom stereocenters. The van der Waals surface area contributed by atoms with Crippen LogP contribution in [-0.4, -0.2) is 72.5 Å². The van der Waals surface area contributed by atoms with Crippen LogP contribution in [0.5, 0.6) is 0 Å². The molecule has 0 bridgehead atoms. The summed E-state index contributed by atoms with van der Waals surface area (Å²) >= 11 is 0. The normalized spacial score (nSPS) is 16.5. The smallest absolute Gasteiger partial charge is 0.0672 e. The van der Waals surface area contributed by atoms with E-state index in [1.54, 1.807) is 0 Å². The second kappa shape index (κ2) is 14.1. The van der Waals surface area contributed by atoms with Crippen LogP contribution in [0.1, 0.15) is 93.9 Å². The Labute approximate surface area is 189 Å². The third-order valence-corrected chi connectivity index (χ3v) is 6.15. The molecule has 0 radical (unpaired) electrons. The predicted octanol–water partition coefficient (Wildman–Crippen LogP) is 5.28. The number of nitrogens with zero attached hydrogens (tertiary/aromatic N) is 2. The maximum Gasteiger partial charge on any atom is 0.0672 e. The van der Waals surface area contributed by atoms with Gasteiger partial charge in [-0.25, -0.2) is 0 Å². The van der Waals surface area contributed by atoms with E-state index in [-0.39, 0.29) is 23.0 Å². The van der Waals surface area contributed by atoms with Crippen molar-refractivity contribution in [3.63, 3.8) is 0 Å². The minimum Gasteiger partial charge on any atom is -0.392 e. The summed E-state index contributed by atoms with van der Waals surface area (Å²) < 4.78 is 0. The molecule has 0 aromatic carbocycles. The van der Waals surface area contributed by atoms with Gasteiger partial charge in [-0.3, -0.25) is 4.90 Å². The van der Waals surface area contributed by atoms with Crippen molar-refractivity contribution in [1.82, 2.24) is 9.80 Å². The lowest BCUT2D eigenvalue weighted by Crippen LogP contribution is -2.41. The van der Waals surface area contributed by atoms with Crippen molar-refractivity contribution in [2.24, 2.45) is 22.7 Å². The van der Waals surface area contributed by atoms with Gasteiger partial charge in [0.15, 0.2) is 0 Å². The molecule has 4 heteroatoms. The van der Waals surface area contributed by atoms with Gasteiger partial charge < -0.3 is 15.1 Å². The molecular weight excluding hydrogens is 372 g/mol. The molecule has 0 heterocycles. The van der Waals surface area contributed by atoms with Crippen molar-refractivity contribution in [3.8, 4) is 0 Å². The van der Waals surface area contributed by atoms with E-state index >= 15 is 0 Å². The molecule has 0 aliphatic carbocycles. The van der Waals surface area contributed by atoms with Crippen LogP contribution < -0.4 is 0 Å². The van der Waals surface area contributed by atoms with Gasteiger partial charge in [0.25, 0.3) is 0 Å². The highest BCUT2D eigenvalue weighted by Crippen LogP contribution is 2.33. The summed E-state index contributed by atoms with van der Waals surface area (Å²) in [5.74, 6) is 1.33. The Hall–Kier alpha value is -0.160. The zero-order valence-electron chi connectivity index (χ0n) is 22.2. The van der Waals surface area contributed by atoms with E-state index in [9.17, 15) is 10.2 Å². The second-order valence-corrected chi connectivity index (χ2v) is 12.3. The van der Waals surface area contributed by atoms with Gasteiger partial charge in [-0.05, 0) is 82.0 Å². The quantitative estimate of drug-likeness (QED) is 0.331. The van der Waals surface area contributed by atoms with Crippen molar-refractivity contribution in [3.05, 3.63) is 0 Å². The molecule has 0 aliphatic rings. The maximum absolute atomic E-state index is 10.9. The fourth-order valence-corrected chi connectivity index (χ4v) is 5.23. The van der Waals surface area contributed by atoms with Gasteiger partial charge >= 0.3 is 0 Å². The Bertz CT molecular complexity index is 435. The molecule has 0 rings (SSSR count). The number of rotatable bonds is 17. The third-order valence-electron chi connectivity index (χ3n) is 6.15. The average Bonchev–Trinajstić information content (AvgIpc) is 2.50. The first-order valence-electron chi connectivity index (χ1n) is 12.4. The number of hydrogen-bond donors (Lipinski definition) is 2. The van der Waals surface area contributed by atoms with Gasteiger partial charge in [0.2, 0.25) is 0 Å². The largest absolute Gasteiger partial charge is 0.392 e. The Morgan fingerprint density at radius 2 is 1.20 bits per heavy atom. The van der Waals surface area contributed by atoms with Crippen LogP contribution in [0.25, 0.3) is 0 Å². The van der Waals surface area contributed by atoms with Gasteiger partial charge in [0.05, 0.1) is 12.2 Å². The Kier molecular flexibility index (Phi) is 14.0. The first-order chi connectivity index (χ1) is 13.7. The highest BCUT2D eigenvalue weighted by molar-refractivity contribution is 4.80. The van der Waals surface area contributed by atoms with Gasteiger partial charge in [-0.15, -0.1) is 0 Å². The molecule has 0 saturated carbocycles. The van der Waals surface area contributed by atoms with E-state index < -0.39 is 0 Å². The molecule has 4 nitrogen and oxygen atoms in total. The first-order valence-corrected chi connectivity index (χ1v) is 12.4. The highest BCUT2D eigenvalue weighted by Gasteiger charge is 2.28. The maximum atomic E-state index is 10.9. The Morgan fingerprint density at radius 3 is 1.60 bits per heavy atom. The number of hydrogen-bond acceptors (Lipinski definition) is 4. The summed E-state index contributed by atoms with van der Waals surface area (Å²) in [6.07, 6.45) is 5.44. The highest BCUT2D eigenvalue weighted by atomic mass is 16.3. The van der Waals surface area contributed by atoms with Gasteiger partial charge in [0.1, 0.15) is 0 Å². The molecule has 0 aromatic heterocycles. The lowest BCUT2D eigenvalue weighted by atomic mass is 9.78. The third kappa shape index (κ3) is 15.6. The Morgan fingerprint density at radius 1 is 0.733 bits per heavy atom. The van der Waals surface area contributed by atoms with Gasteiger partial charge in [-0.1, -0.05) is 61.8 Å². The zero-order chi connectivity index (χ0) is 23.5. The fraction of sp³-hybridized carbons (Fsp3) is 1.00. The van der Waals surface area contributed by atoms with Crippen LogP contribution in [0, 0.1) is 22.7 Å². The van der Waals surface area contributed by atoms with Crippen molar-refractivity contribution >= 4 is 0 Å². The van der Waals surface area contributed by atoms with E-state index in [2.05, 4.69) is 79.3 Å². The molecule has 3 unspecified atom stereocenters. The predicted molar refractivity (Wildman–Crippen MR) is 132 cm³/mol. The number of aliphatic hydroxyl groups is 2. The SMILES string of the molecule is CCC(C)CC(C)(C)CC(O)CN(CCCN(C)C)CC(O)CC(C)(C)CC(C)C. The van der Waals surface area contributed by atoms with Crippen molar-refractivity contribution in [2.75, 3.05) is 40.3 Å². The van der Waals surface area contributed by atoms with Crippen LogP contribution >= 0.6 is 0 Å². The molecule has 2 N–H and O–H groups in total. The molecule has 0 amide bonds. The summed E-state index contributed by atoms with van der Waals surface area (Å²) in [5, 5.41) is 21.7. The summed E-state index contributed by atoms with van der Waals surface area (Å²) in [7, 11) is 4.19. The molecule has 182 valence electrons.